The zero-order chi connectivity index (χ0) is 14.4. The van der Waals surface area contributed by atoms with Gasteiger partial charge in [-0.25, -0.2) is 0 Å². The van der Waals surface area contributed by atoms with Gasteiger partial charge in [0, 0.05) is 19.5 Å². The molecule has 2 saturated heterocycles. The Bertz CT molecular complexity index is 338. The molecule has 0 spiro atoms. The molecule has 0 aliphatic carbocycles. The molecular weight excluding hydrogens is 256 g/mol. The first kappa shape index (κ1) is 15.3. The summed E-state index contributed by atoms with van der Waals surface area (Å²) < 4.78 is 5.20. The van der Waals surface area contributed by atoms with Crippen LogP contribution in [0.3, 0.4) is 0 Å². The van der Waals surface area contributed by atoms with Crippen molar-refractivity contribution >= 4 is 11.9 Å². The lowest BCUT2D eigenvalue weighted by Crippen LogP contribution is -2.35. The highest BCUT2D eigenvalue weighted by atomic mass is 16.5. The van der Waals surface area contributed by atoms with E-state index in [-0.39, 0.29) is 11.9 Å². The molecule has 0 saturated carbocycles. The molecule has 1 amide bonds. The standard InChI is InChI=1S/C15H26N2O3/c1-13-4-8-16(9-5-13)10-6-15(19)20-12-11-17-7-2-3-14(17)18/h13H,2-12H2,1H3. The van der Waals surface area contributed by atoms with Gasteiger partial charge in [-0.2, -0.15) is 0 Å². The minimum Gasteiger partial charge on any atom is -0.464 e. The highest BCUT2D eigenvalue weighted by Gasteiger charge is 2.20. The van der Waals surface area contributed by atoms with Crippen molar-refractivity contribution in [1.29, 1.82) is 0 Å². The maximum atomic E-state index is 11.7. The number of esters is 1. The van der Waals surface area contributed by atoms with Crippen molar-refractivity contribution in [2.24, 2.45) is 5.92 Å². The third-order valence-corrected chi connectivity index (χ3v) is 4.30. The van der Waals surface area contributed by atoms with E-state index >= 15 is 0 Å². The fourth-order valence-corrected chi connectivity index (χ4v) is 2.82. The highest BCUT2D eigenvalue weighted by Crippen LogP contribution is 2.16. The van der Waals surface area contributed by atoms with Gasteiger partial charge in [-0.05, 0) is 38.3 Å². The summed E-state index contributed by atoms with van der Waals surface area (Å²) in [7, 11) is 0. The van der Waals surface area contributed by atoms with Gasteiger partial charge >= 0.3 is 5.97 Å². The Hall–Kier alpha value is -1.10. The van der Waals surface area contributed by atoms with Crippen molar-refractivity contribution in [3.05, 3.63) is 0 Å². The lowest BCUT2D eigenvalue weighted by Gasteiger charge is -2.29. The van der Waals surface area contributed by atoms with E-state index in [0.717, 1.165) is 38.5 Å². The molecule has 0 N–H and O–H groups in total. The molecule has 0 aromatic carbocycles. The Morgan fingerprint density at radius 1 is 1.25 bits per heavy atom. The largest absolute Gasteiger partial charge is 0.464 e. The maximum Gasteiger partial charge on any atom is 0.307 e. The molecule has 5 heteroatoms. The lowest BCUT2D eigenvalue weighted by molar-refractivity contribution is -0.145. The number of rotatable bonds is 6. The maximum absolute atomic E-state index is 11.7. The van der Waals surface area contributed by atoms with Crippen LogP contribution in [0.25, 0.3) is 0 Å². The topological polar surface area (TPSA) is 49.9 Å². The van der Waals surface area contributed by atoms with Crippen molar-refractivity contribution in [2.75, 3.05) is 39.3 Å². The van der Waals surface area contributed by atoms with E-state index in [1.54, 1.807) is 4.90 Å². The second-order valence-corrected chi connectivity index (χ2v) is 5.98. The second-order valence-electron chi connectivity index (χ2n) is 5.98. The summed E-state index contributed by atoms with van der Waals surface area (Å²) in [5.74, 6) is 0.856. The number of amides is 1. The number of hydrogen-bond donors (Lipinski definition) is 0. The van der Waals surface area contributed by atoms with Crippen LogP contribution in [0.1, 0.15) is 39.0 Å². The molecule has 0 radical (unpaired) electrons. The van der Waals surface area contributed by atoms with Crippen molar-refractivity contribution in [2.45, 2.75) is 39.0 Å². The Labute approximate surface area is 121 Å². The van der Waals surface area contributed by atoms with Crippen molar-refractivity contribution in [3.63, 3.8) is 0 Å². The van der Waals surface area contributed by atoms with E-state index in [1.165, 1.54) is 12.8 Å². The molecule has 2 fully saturated rings. The first-order valence-electron chi connectivity index (χ1n) is 7.81. The minimum absolute atomic E-state index is 0.143. The third-order valence-electron chi connectivity index (χ3n) is 4.30. The number of ether oxygens (including phenoxy) is 1. The van der Waals surface area contributed by atoms with Crippen molar-refractivity contribution < 1.29 is 14.3 Å². The molecule has 2 aliphatic rings. The summed E-state index contributed by atoms with van der Waals surface area (Å²) >= 11 is 0. The Kier molecular flexibility index (Phi) is 5.83. The van der Waals surface area contributed by atoms with Crippen LogP contribution < -0.4 is 0 Å². The molecule has 0 aromatic rings. The molecule has 2 heterocycles. The van der Waals surface area contributed by atoms with E-state index in [2.05, 4.69) is 11.8 Å². The van der Waals surface area contributed by atoms with Gasteiger partial charge < -0.3 is 14.5 Å². The highest BCUT2D eigenvalue weighted by molar-refractivity contribution is 5.78. The summed E-state index contributed by atoms with van der Waals surface area (Å²) in [5, 5.41) is 0. The molecule has 114 valence electrons. The predicted octanol–water partition coefficient (Wildman–Crippen LogP) is 1.27. The van der Waals surface area contributed by atoms with Crippen LogP contribution in [0.15, 0.2) is 0 Å². The number of likely N-dealkylation sites (tertiary alicyclic amines) is 2. The number of carbonyl (C=O) groups excluding carboxylic acids is 2. The summed E-state index contributed by atoms with van der Waals surface area (Å²) in [6, 6.07) is 0. The molecule has 20 heavy (non-hydrogen) atoms. The van der Waals surface area contributed by atoms with Gasteiger partial charge in [0.2, 0.25) is 5.91 Å². The van der Waals surface area contributed by atoms with Gasteiger partial charge in [0.05, 0.1) is 13.0 Å². The smallest absolute Gasteiger partial charge is 0.307 e. The predicted molar refractivity (Wildman–Crippen MR) is 76.2 cm³/mol. The van der Waals surface area contributed by atoms with Crippen LogP contribution in [0, 0.1) is 5.92 Å². The van der Waals surface area contributed by atoms with Crippen LogP contribution in [0.5, 0.6) is 0 Å². The molecule has 0 bridgehead atoms. The van der Waals surface area contributed by atoms with Gasteiger partial charge in [-0.1, -0.05) is 6.92 Å². The third kappa shape index (κ3) is 4.78. The van der Waals surface area contributed by atoms with Crippen LogP contribution in [-0.2, 0) is 14.3 Å². The van der Waals surface area contributed by atoms with E-state index in [9.17, 15) is 9.59 Å². The molecule has 2 aliphatic heterocycles. The zero-order valence-electron chi connectivity index (χ0n) is 12.5. The first-order valence-corrected chi connectivity index (χ1v) is 7.81. The fraction of sp³-hybridized carbons (Fsp3) is 0.867. The first-order chi connectivity index (χ1) is 9.65. The molecule has 0 aromatic heterocycles. The summed E-state index contributed by atoms with van der Waals surface area (Å²) in [6.45, 7) is 6.96. The monoisotopic (exact) mass is 282 g/mol. The second kappa shape index (κ2) is 7.62. The molecule has 5 nitrogen and oxygen atoms in total. The van der Waals surface area contributed by atoms with Gasteiger partial charge in [-0.3, -0.25) is 9.59 Å². The zero-order valence-corrected chi connectivity index (χ0v) is 12.5. The van der Waals surface area contributed by atoms with E-state index in [0.29, 0.717) is 26.0 Å². The van der Waals surface area contributed by atoms with Crippen LogP contribution >= 0.6 is 0 Å². The summed E-state index contributed by atoms with van der Waals surface area (Å²) in [6.07, 6.45) is 4.49. The molecule has 0 unspecified atom stereocenters. The van der Waals surface area contributed by atoms with Crippen LogP contribution in [0.2, 0.25) is 0 Å². The number of hydrogen-bond acceptors (Lipinski definition) is 4. The Morgan fingerprint density at radius 3 is 2.65 bits per heavy atom. The Balaban J connectivity index is 1.53. The quantitative estimate of drug-likeness (QED) is 0.689. The average Bonchev–Trinajstić information content (AvgIpc) is 2.84. The van der Waals surface area contributed by atoms with Crippen molar-refractivity contribution in [1.82, 2.24) is 9.80 Å². The molecule has 2 rings (SSSR count). The van der Waals surface area contributed by atoms with Gasteiger partial charge in [-0.15, -0.1) is 0 Å². The Morgan fingerprint density at radius 2 is 2.00 bits per heavy atom. The van der Waals surface area contributed by atoms with E-state index in [4.69, 9.17) is 4.74 Å². The summed E-state index contributed by atoms with van der Waals surface area (Å²) in [5.41, 5.74) is 0. The van der Waals surface area contributed by atoms with Crippen LogP contribution in [-0.4, -0.2) is 61.0 Å². The average molecular weight is 282 g/mol. The van der Waals surface area contributed by atoms with Crippen LogP contribution in [0.4, 0.5) is 0 Å². The SMILES string of the molecule is CC1CCN(CCC(=O)OCCN2CCCC2=O)CC1. The fourth-order valence-electron chi connectivity index (χ4n) is 2.82. The summed E-state index contributed by atoms with van der Waals surface area (Å²) in [4.78, 5) is 27.2. The van der Waals surface area contributed by atoms with Gasteiger partial charge in [0.1, 0.15) is 6.61 Å². The lowest BCUT2D eigenvalue weighted by atomic mass is 9.99. The normalized spacial score (nSPS) is 21.4. The van der Waals surface area contributed by atoms with E-state index in [1.807, 2.05) is 0 Å². The van der Waals surface area contributed by atoms with Crippen molar-refractivity contribution in [3.8, 4) is 0 Å². The number of nitrogens with zero attached hydrogens (tertiary/aromatic N) is 2. The van der Waals surface area contributed by atoms with Gasteiger partial charge in [0.25, 0.3) is 0 Å². The molecular formula is C15H26N2O3. The number of piperidine rings is 1. The minimum atomic E-state index is -0.143. The molecule has 0 atom stereocenters. The number of carbonyl (C=O) groups is 2. The van der Waals surface area contributed by atoms with E-state index < -0.39 is 0 Å². The van der Waals surface area contributed by atoms with Gasteiger partial charge in [0.15, 0.2) is 0 Å².